The van der Waals surface area contributed by atoms with E-state index in [4.69, 9.17) is 4.74 Å². The van der Waals surface area contributed by atoms with Gasteiger partial charge in [-0.1, -0.05) is 18.2 Å². The number of rotatable bonds is 6. The minimum atomic E-state index is 0.392. The molecule has 0 bridgehead atoms. The number of nitrogens with zero attached hydrogens (tertiary/aromatic N) is 1. The maximum absolute atomic E-state index is 6.21. The Kier molecular flexibility index (Phi) is 6.70. The van der Waals surface area contributed by atoms with Gasteiger partial charge in [0.25, 0.3) is 0 Å². The van der Waals surface area contributed by atoms with Gasteiger partial charge in [0, 0.05) is 31.0 Å². The zero-order chi connectivity index (χ0) is 16.6. The summed E-state index contributed by atoms with van der Waals surface area (Å²) in [6.07, 6.45) is 8.00. The summed E-state index contributed by atoms with van der Waals surface area (Å²) >= 11 is 2.06. The highest BCUT2D eigenvalue weighted by molar-refractivity contribution is 8.00. The minimum Gasteiger partial charge on any atom is -0.490 e. The molecule has 3 rings (SSSR count). The lowest BCUT2D eigenvalue weighted by atomic mass is 10.2. The normalized spacial score (nSPS) is 21.9. The molecule has 1 saturated carbocycles. The van der Waals surface area contributed by atoms with Gasteiger partial charge in [-0.25, -0.2) is 0 Å². The molecule has 0 radical (unpaired) electrons. The summed E-state index contributed by atoms with van der Waals surface area (Å²) in [5.74, 6) is 3.18. The van der Waals surface area contributed by atoms with E-state index in [2.05, 4.69) is 51.7 Å². The molecule has 1 unspecified atom stereocenters. The summed E-state index contributed by atoms with van der Waals surface area (Å²) < 4.78 is 6.21. The lowest BCUT2D eigenvalue weighted by Crippen LogP contribution is -2.39. The second-order valence-corrected chi connectivity index (χ2v) is 7.98. The smallest absolute Gasteiger partial charge is 0.191 e. The van der Waals surface area contributed by atoms with Gasteiger partial charge >= 0.3 is 0 Å². The van der Waals surface area contributed by atoms with Crippen molar-refractivity contribution in [1.29, 1.82) is 0 Å². The molecule has 4 nitrogen and oxygen atoms in total. The lowest BCUT2D eigenvalue weighted by Gasteiger charge is -2.18. The Morgan fingerprint density at radius 1 is 1.17 bits per heavy atom. The van der Waals surface area contributed by atoms with E-state index in [-0.39, 0.29) is 0 Å². The lowest BCUT2D eigenvalue weighted by molar-refractivity contribution is 0.208. The van der Waals surface area contributed by atoms with Crippen molar-refractivity contribution in [2.75, 3.05) is 19.3 Å². The molecule has 1 atom stereocenters. The van der Waals surface area contributed by atoms with Gasteiger partial charge in [-0.3, -0.25) is 4.99 Å². The number of thioether (sulfide) groups is 1. The first-order valence-corrected chi connectivity index (χ1v) is 10.2. The third-order valence-electron chi connectivity index (χ3n) is 4.76. The van der Waals surface area contributed by atoms with Crippen molar-refractivity contribution in [1.82, 2.24) is 10.6 Å². The first-order chi connectivity index (χ1) is 11.8. The van der Waals surface area contributed by atoms with Crippen LogP contribution in [0.5, 0.6) is 5.75 Å². The van der Waals surface area contributed by atoms with E-state index in [0.29, 0.717) is 6.10 Å². The molecule has 2 fully saturated rings. The quantitative estimate of drug-likeness (QED) is 0.610. The molecule has 1 aliphatic carbocycles. The minimum absolute atomic E-state index is 0.392. The Labute approximate surface area is 149 Å². The monoisotopic (exact) mass is 347 g/mol. The summed E-state index contributed by atoms with van der Waals surface area (Å²) in [6.45, 7) is 1.73. The molecule has 5 heteroatoms. The summed E-state index contributed by atoms with van der Waals surface area (Å²) in [5.41, 5.74) is 1.20. The van der Waals surface area contributed by atoms with Crippen LogP contribution in [-0.2, 0) is 6.54 Å². The third-order valence-corrected chi connectivity index (χ3v) is 6.16. The van der Waals surface area contributed by atoms with Crippen LogP contribution in [0.3, 0.4) is 0 Å². The number of aliphatic imine (C=N–C) groups is 1. The van der Waals surface area contributed by atoms with E-state index >= 15 is 0 Å². The Balaban J connectivity index is 1.50. The second kappa shape index (κ2) is 9.21. The molecule has 1 aromatic carbocycles. The van der Waals surface area contributed by atoms with Crippen LogP contribution >= 0.6 is 11.8 Å². The number of guanidine groups is 1. The highest BCUT2D eigenvalue weighted by atomic mass is 32.2. The van der Waals surface area contributed by atoms with E-state index in [0.717, 1.165) is 30.0 Å². The molecule has 1 saturated heterocycles. The first kappa shape index (κ1) is 17.5. The fourth-order valence-corrected chi connectivity index (χ4v) is 4.57. The Hall–Kier alpha value is -1.36. The number of para-hydroxylation sites is 1. The van der Waals surface area contributed by atoms with Crippen LogP contribution in [0.25, 0.3) is 0 Å². The molecule has 1 aliphatic heterocycles. The van der Waals surface area contributed by atoms with Gasteiger partial charge in [-0.2, -0.15) is 11.8 Å². The highest BCUT2D eigenvalue weighted by Gasteiger charge is 2.18. The maximum Gasteiger partial charge on any atom is 0.191 e. The zero-order valence-electron chi connectivity index (χ0n) is 14.6. The molecule has 0 spiro atoms. The van der Waals surface area contributed by atoms with Gasteiger partial charge in [0.1, 0.15) is 5.75 Å². The number of hydrogen-bond donors (Lipinski definition) is 2. The summed E-state index contributed by atoms with van der Waals surface area (Å²) in [5, 5.41) is 7.60. The van der Waals surface area contributed by atoms with E-state index in [1.165, 1.54) is 49.8 Å². The Bertz CT molecular complexity index is 537. The van der Waals surface area contributed by atoms with Crippen molar-refractivity contribution in [3.05, 3.63) is 29.8 Å². The highest BCUT2D eigenvalue weighted by Crippen LogP contribution is 2.27. The molecular weight excluding hydrogens is 318 g/mol. The molecular formula is C19H29N3OS. The predicted octanol–water partition coefficient (Wildman–Crippen LogP) is 3.57. The standard InChI is InChI=1S/C19H29N3OS/c1-20-19(22-14-17-10-6-12-24-17)21-13-15-7-2-5-11-18(15)23-16-8-3-4-9-16/h2,5,7,11,16-17H,3-4,6,8-10,12-14H2,1H3,(H2,20,21,22). The van der Waals surface area contributed by atoms with Crippen molar-refractivity contribution in [2.45, 2.75) is 56.4 Å². The molecule has 1 heterocycles. The summed E-state index contributed by atoms with van der Waals surface area (Å²) in [4.78, 5) is 4.34. The van der Waals surface area contributed by atoms with Crippen molar-refractivity contribution in [3.63, 3.8) is 0 Å². The van der Waals surface area contributed by atoms with Crippen molar-refractivity contribution in [3.8, 4) is 5.75 Å². The zero-order valence-corrected chi connectivity index (χ0v) is 15.4. The van der Waals surface area contributed by atoms with Crippen LogP contribution in [-0.4, -0.2) is 36.7 Å². The summed E-state index contributed by atoms with van der Waals surface area (Å²) in [7, 11) is 1.83. The van der Waals surface area contributed by atoms with Crippen LogP contribution in [0.15, 0.2) is 29.3 Å². The average Bonchev–Trinajstić information content (AvgIpc) is 3.30. The van der Waals surface area contributed by atoms with Gasteiger partial charge in [0.2, 0.25) is 0 Å². The van der Waals surface area contributed by atoms with Gasteiger partial charge in [-0.15, -0.1) is 0 Å². The fourth-order valence-electron chi connectivity index (χ4n) is 3.37. The van der Waals surface area contributed by atoms with Crippen LogP contribution in [0.2, 0.25) is 0 Å². The summed E-state index contributed by atoms with van der Waals surface area (Å²) in [6, 6.07) is 8.35. The van der Waals surface area contributed by atoms with E-state index in [9.17, 15) is 0 Å². The Morgan fingerprint density at radius 3 is 2.75 bits per heavy atom. The number of benzene rings is 1. The first-order valence-electron chi connectivity index (χ1n) is 9.16. The van der Waals surface area contributed by atoms with Crippen LogP contribution in [0, 0.1) is 0 Å². The maximum atomic E-state index is 6.21. The second-order valence-electron chi connectivity index (χ2n) is 6.57. The SMILES string of the molecule is CN=C(NCc1ccccc1OC1CCCC1)NCC1CCCS1. The molecule has 24 heavy (non-hydrogen) atoms. The van der Waals surface area contributed by atoms with E-state index < -0.39 is 0 Å². The molecule has 0 amide bonds. The number of hydrogen-bond acceptors (Lipinski definition) is 3. The molecule has 1 aromatic rings. The van der Waals surface area contributed by atoms with Gasteiger partial charge in [-0.05, 0) is 50.3 Å². The average molecular weight is 348 g/mol. The predicted molar refractivity (Wildman–Crippen MR) is 103 cm³/mol. The topological polar surface area (TPSA) is 45.7 Å². The molecule has 2 aliphatic rings. The van der Waals surface area contributed by atoms with Crippen molar-refractivity contribution < 1.29 is 4.74 Å². The van der Waals surface area contributed by atoms with Crippen LogP contribution < -0.4 is 15.4 Å². The van der Waals surface area contributed by atoms with Crippen molar-refractivity contribution in [2.24, 2.45) is 4.99 Å². The van der Waals surface area contributed by atoms with E-state index in [1.807, 2.05) is 7.05 Å². The van der Waals surface area contributed by atoms with E-state index in [1.54, 1.807) is 0 Å². The van der Waals surface area contributed by atoms with Gasteiger partial charge in [0.05, 0.1) is 6.10 Å². The molecule has 2 N–H and O–H groups in total. The van der Waals surface area contributed by atoms with Gasteiger partial charge in [0.15, 0.2) is 5.96 Å². The van der Waals surface area contributed by atoms with Crippen molar-refractivity contribution >= 4 is 17.7 Å². The molecule has 0 aromatic heterocycles. The number of ether oxygens (including phenoxy) is 1. The fraction of sp³-hybridized carbons (Fsp3) is 0.632. The molecule has 132 valence electrons. The third kappa shape index (κ3) is 5.07. The largest absolute Gasteiger partial charge is 0.490 e. The Morgan fingerprint density at radius 2 is 2.00 bits per heavy atom. The van der Waals surface area contributed by atoms with Gasteiger partial charge < -0.3 is 15.4 Å². The van der Waals surface area contributed by atoms with Crippen LogP contribution in [0.4, 0.5) is 0 Å². The van der Waals surface area contributed by atoms with Crippen LogP contribution in [0.1, 0.15) is 44.1 Å². The number of nitrogens with one attached hydrogen (secondary N) is 2.